The number of hydrogen-bond acceptors (Lipinski definition) is 6. The van der Waals surface area contributed by atoms with E-state index in [0.29, 0.717) is 0 Å². The summed E-state index contributed by atoms with van der Waals surface area (Å²) in [6.07, 6.45) is 0.461. The molecule has 0 N–H and O–H groups in total. The summed E-state index contributed by atoms with van der Waals surface area (Å²) in [4.78, 5) is -1.40. The summed E-state index contributed by atoms with van der Waals surface area (Å²) >= 11 is 0. The summed E-state index contributed by atoms with van der Waals surface area (Å²) in [5.41, 5.74) is 3.98. The van der Waals surface area contributed by atoms with Crippen molar-refractivity contribution in [3.05, 3.63) is 23.4 Å². The molecule has 0 atom stereocenters. The summed E-state index contributed by atoms with van der Waals surface area (Å²) in [5.74, 6) is 0. The minimum atomic E-state index is -3.82. The predicted octanol–water partition coefficient (Wildman–Crippen LogP) is 6.37. The van der Waals surface area contributed by atoms with Gasteiger partial charge in [-0.05, 0) is 27.7 Å². The molecular weight excluding hydrogens is 402 g/mol. The predicted molar refractivity (Wildman–Crippen MR) is 114 cm³/mol. The molecule has 0 radical (unpaired) electrons. The van der Waals surface area contributed by atoms with Crippen molar-refractivity contribution in [1.29, 1.82) is 0 Å². The Balaban J connectivity index is 3.69. The topological polar surface area (TPSA) is 71.1 Å². The maximum Gasteiger partial charge on any atom is 0.349 e. The molecule has 0 heterocycles. The lowest BCUT2D eigenvalue weighted by Gasteiger charge is -2.39. The molecule has 0 saturated heterocycles. The molecule has 0 aromatic carbocycles. The van der Waals surface area contributed by atoms with Gasteiger partial charge in [-0.1, -0.05) is 43.1 Å². The van der Waals surface area contributed by atoms with Crippen molar-refractivity contribution >= 4 is 23.3 Å². The van der Waals surface area contributed by atoms with Crippen molar-refractivity contribution < 1.29 is 27.2 Å². The van der Waals surface area contributed by atoms with Crippen LogP contribution in [0.1, 0.15) is 40.5 Å². The molecule has 0 unspecified atom stereocenters. The highest BCUT2D eigenvalue weighted by Gasteiger charge is 2.67. The van der Waals surface area contributed by atoms with E-state index in [1.54, 1.807) is 27.7 Å². The standard InChI is InChI=1S/C18H36O6P2Si/c1-9-21-25(19,22-10-2)18(26(20,23-11-3)24-12-4)13-16(5)17(14-18)15-27(6,7)8/h15H,5,9-14H2,1-4,6-8H3/b17-15+. The van der Waals surface area contributed by atoms with Crippen LogP contribution < -0.4 is 0 Å². The van der Waals surface area contributed by atoms with Crippen LogP contribution in [0.3, 0.4) is 0 Å². The van der Waals surface area contributed by atoms with Crippen LogP contribution in [0.25, 0.3) is 0 Å². The molecule has 0 bridgehead atoms. The quantitative estimate of drug-likeness (QED) is 0.276. The average molecular weight is 439 g/mol. The molecule has 1 rings (SSSR count). The van der Waals surface area contributed by atoms with Crippen LogP contribution >= 0.6 is 15.2 Å². The van der Waals surface area contributed by atoms with Crippen molar-refractivity contribution in [2.45, 2.75) is 65.1 Å². The Bertz CT molecular complexity index is 603. The molecule has 27 heavy (non-hydrogen) atoms. The molecule has 0 amide bonds. The molecule has 158 valence electrons. The highest BCUT2D eigenvalue weighted by atomic mass is 31.2. The van der Waals surface area contributed by atoms with Crippen molar-refractivity contribution in [2.24, 2.45) is 0 Å². The van der Waals surface area contributed by atoms with Crippen LogP contribution in [0.2, 0.25) is 19.6 Å². The molecule has 6 nitrogen and oxygen atoms in total. The van der Waals surface area contributed by atoms with E-state index in [-0.39, 0.29) is 39.3 Å². The Kier molecular flexibility index (Phi) is 8.96. The first-order chi connectivity index (χ1) is 12.4. The highest BCUT2D eigenvalue weighted by molar-refractivity contribution is 7.74. The first-order valence-corrected chi connectivity index (χ1v) is 16.3. The molecule has 0 aromatic rings. The zero-order valence-corrected chi connectivity index (χ0v) is 20.7. The molecule has 1 aliphatic rings. The zero-order valence-electron chi connectivity index (χ0n) is 17.9. The number of allylic oxidation sites excluding steroid dienone is 2. The third-order valence-corrected chi connectivity index (χ3v) is 12.0. The average Bonchev–Trinajstić information content (AvgIpc) is 2.85. The maximum atomic E-state index is 14.0. The Hall–Kier alpha value is -0.00312. The zero-order chi connectivity index (χ0) is 20.9. The van der Waals surface area contributed by atoms with Crippen molar-refractivity contribution in [3.8, 4) is 0 Å². The van der Waals surface area contributed by atoms with Crippen molar-refractivity contribution in [3.63, 3.8) is 0 Å². The maximum absolute atomic E-state index is 14.0. The van der Waals surface area contributed by atoms with Gasteiger partial charge < -0.3 is 18.1 Å². The molecule has 9 heteroatoms. The van der Waals surface area contributed by atoms with Crippen LogP contribution in [0.4, 0.5) is 0 Å². The van der Waals surface area contributed by atoms with E-state index in [4.69, 9.17) is 18.1 Å². The van der Waals surface area contributed by atoms with Gasteiger partial charge in [0, 0.05) is 12.8 Å². The lowest BCUT2D eigenvalue weighted by molar-refractivity contribution is 0.178. The molecule has 0 aromatic heterocycles. The monoisotopic (exact) mass is 438 g/mol. The van der Waals surface area contributed by atoms with E-state index >= 15 is 0 Å². The number of hydrogen-bond donors (Lipinski definition) is 0. The lowest BCUT2D eigenvalue weighted by Crippen LogP contribution is -2.30. The van der Waals surface area contributed by atoms with E-state index in [9.17, 15) is 9.13 Å². The first kappa shape index (κ1) is 25.0. The van der Waals surface area contributed by atoms with Gasteiger partial charge in [-0.25, -0.2) is 0 Å². The van der Waals surface area contributed by atoms with Crippen molar-refractivity contribution in [2.75, 3.05) is 26.4 Å². The Morgan fingerprint density at radius 1 is 0.889 bits per heavy atom. The van der Waals surface area contributed by atoms with Crippen LogP contribution in [0, 0.1) is 0 Å². The first-order valence-electron chi connectivity index (χ1n) is 9.62. The van der Waals surface area contributed by atoms with E-state index < -0.39 is 28.2 Å². The Morgan fingerprint density at radius 3 is 1.56 bits per heavy atom. The summed E-state index contributed by atoms with van der Waals surface area (Å²) < 4.78 is 50.6. The van der Waals surface area contributed by atoms with E-state index in [0.717, 1.165) is 11.1 Å². The van der Waals surface area contributed by atoms with Gasteiger partial charge in [0.1, 0.15) is 0 Å². The molecule has 0 aliphatic heterocycles. The largest absolute Gasteiger partial charge is 0.349 e. The third-order valence-electron chi connectivity index (χ3n) is 4.25. The molecule has 0 spiro atoms. The fraction of sp³-hybridized carbons (Fsp3) is 0.778. The molecule has 1 saturated carbocycles. The van der Waals surface area contributed by atoms with E-state index in [2.05, 4.69) is 31.9 Å². The Morgan fingerprint density at radius 2 is 1.26 bits per heavy atom. The van der Waals surface area contributed by atoms with Gasteiger partial charge in [-0.2, -0.15) is 0 Å². The SMILES string of the molecule is C=C1CC(P(=O)(OCC)OCC)(P(=O)(OCC)OCC)C/C1=C\[Si](C)(C)C. The van der Waals surface area contributed by atoms with Gasteiger partial charge in [-0.3, -0.25) is 9.13 Å². The van der Waals surface area contributed by atoms with Crippen molar-refractivity contribution in [1.82, 2.24) is 0 Å². The highest BCUT2D eigenvalue weighted by Crippen LogP contribution is 2.83. The van der Waals surface area contributed by atoms with Gasteiger partial charge in [0.15, 0.2) is 4.90 Å². The van der Waals surface area contributed by atoms with Crippen LogP contribution in [-0.4, -0.2) is 39.4 Å². The second kappa shape index (κ2) is 9.66. The third kappa shape index (κ3) is 5.33. The van der Waals surface area contributed by atoms with Gasteiger partial charge in [0.2, 0.25) is 0 Å². The fourth-order valence-corrected chi connectivity index (χ4v) is 10.6. The van der Waals surface area contributed by atoms with Crippen LogP contribution in [0.5, 0.6) is 0 Å². The normalized spacial score (nSPS) is 19.8. The van der Waals surface area contributed by atoms with Gasteiger partial charge in [0.05, 0.1) is 34.5 Å². The Labute approximate surface area is 165 Å². The fourth-order valence-electron chi connectivity index (χ4n) is 3.40. The van der Waals surface area contributed by atoms with Gasteiger partial charge >= 0.3 is 15.2 Å². The van der Waals surface area contributed by atoms with E-state index in [1.165, 1.54) is 0 Å². The van der Waals surface area contributed by atoms with E-state index in [1.807, 2.05) is 0 Å². The smallest absolute Gasteiger partial charge is 0.308 e. The minimum Gasteiger partial charge on any atom is -0.308 e. The molecule has 1 aliphatic carbocycles. The molecule has 1 fully saturated rings. The van der Waals surface area contributed by atoms with Gasteiger partial charge in [0.25, 0.3) is 0 Å². The van der Waals surface area contributed by atoms with Gasteiger partial charge in [-0.15, -0.1) is 0 Å². The molecular formula is C18H36O6P2Si. The van der Waals surface area contributed by atoms with Crippen LogP contribution in [-0.2, 0) is 27.2 Å². The summed E-state index contributed by atoms with van der Waals surface area (Å²) in [7, 11) is -9.22. The number of rotatable bonds is 11. The van der Waals surface area contributed by atoms with Crippen LogP contribution in [0.15, 0.2) is 23.4 Å². The lowest BCUT2D eigenvalue weighted by atomic mass is 10.2. The summed E-state index contributed by atoms with van der Waals surface area (Å²) in [5, 5.41) is 0. The summed E-state index contributed by atoms with van der Waals surface area (Å²) in [6.45, 7) is 18.5. The minimum absolute atomic E-state index is 0.177. The second-order valence-corrected chi connectivity index (χ2v) is 17.7. The summed E-state index contributed by atoms with van der Waals surface area (Å²) in [6, 6.07) is 0. The second-order valence-electron chi connectivity index (χ2n) is 7.64.